The number of esters is 2. The van der Waals surface area contributed by atoms with Gasteiger partial charge in [0.15, 0.2) is 0 Å². The summed E-state index contributed by atoms with van der Waals surface area (Å²) >= 11 is 0. The molecule has 2 amide bonds. The highest BCUT2D eigenvalue weighted by molar-refractivity contribution is 5.91. The van der Waals surface area contributed by atoms with E-state index in [2.05, 4.69) is 15.4 Å². The van der Waals surface area contributed by atoms with Gasteiger partial charge in [0.2, 0.25) is 0 Å². The van der Waals surface area contributed by atoms with Crippen LogP contribution in [-0.4, -0.2) is 37.7 Å². The summed E-state index contributed by atoms with van der Waals surface area (Å²) in [6.45, 7) is 3.78. The van der Waals surface area contributed by atoms with E-state index < -0.39 is 11.9 Å². The molecule has 7 heteroatoms. The SMILES string of the molecule is COC(=O)C=CC(=O)OCC(NC(=O)Nc1ccccc1)C(C)C. The number of rotatable bonds is 7. The van der Waals surface area contributed by atoms with E-state index in [0.717, 1.165) is 12.2 Å². The summed E-state index contributed by atoms with van der Waals surface area (Å²) in [5, 5.41) is 5.45. The number of methoxy groups -OCH3 is 1. The number of hydrogen-bond acceptors (Lipinski definition) is 5. The smallest absolute Gasteiger partial charge is 0.331 e. The van der Waals surface area contributed by atoms with E-state index in [9.17, 15) is 14.4 Å². The Bertz CT molecular complexity index is 584. The van der Waals surface area contributed by atoms with Crippen molar-refractivity contribution in [3.63, 3.8) is 0 Å². The van der Waals surface area contributed by atoms with Crippen molar-refractivity contribution in [2.75, 3.05) is 19.0 Å². The lowest BCUT2D eigenvalue weighted by Crippen LogP contribution is -2.44. The first-order chi connectivity index (χ1) is 11.4. The maximum atomic E-state index is 12.0. The fraction of sp³-hybridized carbons (Fsp3) is 0.353. The van der Waals surface area contributed by atoms with E-state index in [1.807, 2.05) is 32.0 Å². The Kier molecular flexibility index (Phi) is 8.04. The second-order valence-corrected chi connectivity index (χ2v) is 5.30. The predicted octanol–water partition coefficient (Wildman–Crippen LogP) is 2.11. The average molecular weight is 334 g/mol. The number of hydrogen-bond donors (Lipinski definition) is 2. The molecule has 1 unspecified atom stereocenters. The normalized spacial score (nSPS) is 11.8. The first-order valence-corrected chi connectivity index (χ1v) is 7.47. The first-order valence-electron chi connectivity index (χ1n) is 7.47. The maximum absolute atomic E-state index is 12.0. The third-order valence-corrected chi connectivity index (χ3v) is 3.11. The zero-order valence-corrected chi connectivity index (χ0v) is 13.9. The largest absolute Gasteiger partial charge is 0.466 e. The topological polar surface area (TPSA) is 93.7 Å². The highest BCUT2D eigenvalue weighted by Crippen LogP contribution is 2.07. The molecule has 1 rings (SSSR count). The molecule has 0 fully saturated rings. The second kappa shape index (κ2) is 10.0. The van der Waals surface area contributed by atoms with Crippen molar-refractivity contribution in [1.29, 1.82) is 0 Å². The maximum Gasteiger partial charge on any atom is 0.331 e. The Labute approximate surface area is 141 Å². The fourth-order valence-corrected chi connectivity index (χ4v) is 1.68. The molecule has 0 heterocycles. The Balaban J connectivity index is 2.49. The number of amides is 2. The summed E-state index contributed by atoms with van der Waals surface area (Å²) in [4.78, 5) is 34.4. The monoisotopic (exact) mass is 334 g/mol. The van der Waals surface area contributed by atoms with E-state index in [0.29, 0.717) is 5.69 Å². The lowest BCUT2D eigenvalue weighted by Gasteiger charge is -2.22. The van der Waals surface area contributed by atoms with Gasteiger partial charge in [0, 0.05) is 17.8 Å². The first kappa shape index (κ1) is 19.2. The molecule has 0 aliphatic carbocycles. The molecular weight excluding hydrogens is 312 g/mol. The van der Waals surface area contributed by atoms with Crippen molar-refractivity contribution in [3.05, 3.63) is 42.5 Å². The molecule has 24 heavy (non-hydrogen) atoms. The lowest BCUT2D eigenvalue weighted by molar-refractivity contribution is -0.140. The molecule has 0 aliphatic rings. The lowest BCUT2D eigenvalue weighted by atomic mass is 10.1. The third kappa shape index (κ3) is 7.44. The Morgan fingerprint density at radius 3 is 2.29 bits per heavy atom. The third-order valence-electron chi connectivity index (χ3n) is 3.11. The van der Waals surface area contributed by atoms with E-state index in [-0.39, 0.29) is 24.6 Å². The molecule has 1 aromatic rings. The van der Waals surface area contributed by atoms with Crippen molar-refractivity contribution in [3.8, 4) is 0 Å². The van der Waals surface area contributed by atoms with Crippen LogP contribution in [0.3, 0.4) is 0 Å². The fourth-order valence-electron chi connectivity index (χ4n) is 1.68. The molecule has 0 spiro atoms. The van der Waals surface area contributed by atoms with Gasteiger partial charge < -0.3 is 20.1 Å². The Morgan fingerprint density at radius 2 is 1.71 bits per heavy atom. The van der Waals surface area contributed by atoms with E-state index in [4.69, 9.17) is 4.74 Å². The summed E-state index contributed by atoms with van der Waals surface area (Å²) in [5.41, 5.74) is 0.663. The van der Waals surface area contributed by atoms with E-state index >= 15 is 0 Å². The van der Waals surface area contributed by atoms with Gasteiger partial charge in [-0.05, 0) is 18.1 Å². The summed E-state index contributed by atoms with van der Waals surface area (Å²) in [6.07, 6.45) is 1.95. The quantitative estimate of drug-likeness (QED) is 0.588. The molecule has 0 bridgehead atoms. The number of para-hydroxylation sites is 1. The van der Waals surface area contributed by atoms with Gasteiger partial charge in [0.25, 0.3) is 0 Å². The van der Waals surface area contributed by atoms with Gasteiger partial charge >= 0.3 is 18.0 Å². The Morgan fingerprint density at radius 1 is 1.08 bits per heavy atom. The van der Waals surface area contributed by atoms with Crippen LogP contribution in [0.1, 0.15) is 13.8 Å². The molecule has 0 aliphatic heterocycles. The number of carbonyl (C=O) groups is 3. The molecular formula is C17H22N2O5. The minimum atomic E-state index is -0.684. The summed E-state index contributed by atoms with van der Waals surface area (Å²) < 4.78 is 9.41. The van der Waals surface area contributed by atoms with Crippen molar-refractivity contribution in [1.82, 2.24) is 5.32 Å². The number of urea groups is 1. The van der Waals surface area contributed by atoms with Crippen molar-refractivity contribution >= 4 is 23.7 Å². The van der Waals surface area contributed by atoms with Crippen LogP contribution in [0, 0.1) is 5.92 Å². The van der Waals surface area contributed by atoms with Crippen LogP contribution in [0.5, 0.6) is 0 Å². The highest BCUT2D eigenvalue weighted by Gasteiger charge is 2.18. The van der Waals surface area contributed by atoms with Gasteiger partial charge in [0.1, 0.15) is 6.61 Å². The standard InChI is InChI=1S/C17H22N2O5/c1-12(2)14(11-24-16(21)10-9-15(20)23-3)19-17(22)18-13-7-5-4-6-8-13/h4-10,12,14H,11H2,1-3H3,(H2,18,19,22). The van der Waals surface area contributed by atoms with Crippen LogP contribution >= 0.6 is 0 Å². The van der Waals surface area contributed by atoms with Crippen molar-refractivity contribution < 1.29 is 23.9 Å². The van der Waals surface area contributed by atoms with Gasteiger partial charge in [0.05, 0.1) is 13.2 Å². The number of ether oxygens (including phenoxy) is 2. The number of carbonyl (C=O) groups excluding carboxylic acids is 3. The molecule has 2 N–H and O–H groups in total. The van der Waals surface area contributed by atoms with Crippen LogP contribution in [0.4, 0.5) is 10.5 Å². The minimum absolute atomic E-state index is 0.00970. The Hall–Kier alpha value is -2.83. The molecule has 7 nitrogen and oxygen atoms in total. The molecule has 130 valence electrons. The zero-order valence-electron chi connectivity index (χ0n) is 13.9. The van der Waals surface area contributed by atoms with Crippen LogP contribution in [0.25, 0.3) is 0 Å². The average Bonchev–Trinajstić information content (AvgIpc) is 2.56. The number of benzene rings is 1. The number of nitrogens with one attached hydrogen (secondary N) is 2. The molecule has 0 radical (unpaired) electrons. The minimum Gasteiger partial charge on any atom is -0.466 e. The van der Waals surface area contributed by atoms with E-state index in [1.54, 1.807) is 12.1 Å². The van der Waals surface area contributed by atoms with Gasteiger partial charge in [-0.25, -0.2) is 14.4 Å². The molecule has 0 aromatic heterocycles. The van der Waals surface area contributed by atoms with Crippen molar-refractivity contribution in [2.24, 2.45) is 5.92 Å². The van der Waals surface area contributed by atoms with E-state index in [1.165, 1.54) is 7.11 Å². The van der Waals surface area contributed by atoms with Gasteiger partial charge in [-0.3, -0.25) is 0 Å². The molecule has 0 saturated carbocycles. The highest BCUT2D eigenvalue weighted by atomic mass is 16.5. The second-order valence-electron chi connectivity index (χ2n) is 5.30. The van der Waals surface area contributed by atoms with Crippen LogP contribution in [0.2, 0.25) is 0 Å². The molecule has 1 aromatic carbocycles. The van der Waals surface area contributed by atoms with Crippen LogP contribution in [-0.2, 0) is 19.1 Å². The van der Waals surface area contributed by atoms with Crippen LogP contribution in [0.15, 0.2) is 42.5 Å². The van der Waals surface area contributed by atoms with Crippen LogP contribution < -0.4 is 10.6 Å². The number of anilines is 1. The van der Waals surface area contributed by atoms with Crippen molar-refractivity contribution in [2.45, 2.75) is 19.9 Å². The molecule has 0 saturated heterocycles. The zero-order chi connectivity index (χ0) is 17.9. The van der Waals surface area contributed by atoms with Gasteiger partial charge in [-0.15, -0.1) is 0 Å². The molecule has 1 atom stereocenters. The van der Waals surface area contributed by atoms with Gasteiger partial charge in [-0.2, -0.15) is 0 Å². The summed E-state index contributed by atoms with van der Waals surface area (Å²) in [6, 6.07) is 8.24. The predicted molar refractivity (Wildman–Crippen MR) is 89.3 cm³/mol. The van der Waals surface area contributed by atoms with Gasteiger partial charge in [-0.1, -0.05) is 32.0 Å². The summed E-state index contributed by atoms with van der Waals surface area (Å²) in [7, 11) is 1.21. The summed E-state index contributed by atoms with van der Waals surface area (Å²) in [5.74, 6) is -1.28.